The van der Waals surface area contributed by atoms with Crippen LogP contribution in [0.25, 0.3) is 0 Å². The summed E-state index contributed by atoms with van der Waals surface area (Å²) in [5.41, 5.74) is 2.64. The van der Waals surface area contributed by atoms with Crippen molar-refractivity contribution in [3.63, 3.8) is 0 Å². The molecule has 0 heterocycles. The fraction of sp³-hybridized carbons (Fsp3) is 0.188. The maximum Gasteiger partial charge on any atom is 0.253 e. The molecule has 0 saturated carbocycles. The highest BCUT2D eigenvalue weighted by Crippen LogP contribution is 2.20. The first-order chi connectivity index (χ1) is 9.49. The molecule has 0 bridgehead atoms. The average molecular weight is 353 g/mol. The molecular formula is C16H15BrClNO. The molecule has 0 radical (unpaired) electrons. The van der Waals surface area contributed by atoms with E-state index in [2.05, 4.69) is 15.9 Å². The Hall–Kier alpha value is -1.32. The van der Waals surface area contributed by atoms with Gasteiger partial charge in [0.2, 0.25) is 0 Å². The van der Waals surface area contributed by atoms with Crippen LogP contribution in [0.1, 0.15) is 21.5 Å². The fourth-order valence-electron chi connectivity index (χ4n) is 1.95. The number of benzene rings is 2. The van der Waals surface area contributed by atoms with Gasteiger partial charge in [-0.05, 0) is 42.3 Å². The van der Waals surface area contributed by atoms with Crippen molar-refractivity contribution < 1.29 is 4.79 Å². The third kappa shape index (κ3) is 3.41. The maximum absolute atomic E-state index is 12.4. The minimum Gasteiger partial charge on any atom is -0.337 e. The summed E-state index contributed by atoms with van der Waals surface area (Å²) in [5.74, 6) is -0.0134. The summed E-state index contributed by atoms with van der Waals surface area (Å²) in [6, 6.07) is 13.2. The second-order valence-electron chi connectivity index (χ2n) is 4.72. The fourth-order valence-corrected chi connectivity index (χ4v) is 2.48. The summed E-state index contributed by atoms with van der Waals surface area (Å²) in [4.78, 5) is 14.1. The van der Waals surface area contributed by atoms with E-state index in [9.17, 15) is 4.79 Å². The molecule has 1 amide bonds. The maximum atomic E-state index is 12.4. The van der Waals surface area contributed by atoms with Crippen LogP contribution >= 0.6 is 27.5 Å². The minimum atomic E-state index is -0.0134. The van der Waals surface area contributed by atoms with Crippen LogP contribution in [0.4, 0.5) is 0 Å². The van der Waals surface area contributed by atoms with Crippen molar-refractivity contribution in [1.82, 2.24) is 4.90 Å². The number of halogens is 2. The van der Waals surface area contributed by atoms with Gasteiger partial charge in [-0.2, -0.15) is 0 Å². The third-order valence-electron chi connectivity index (χ3n) is 3.12. The van der Waals surface area contributed by atoms with Gasteiger partial charge in [-0.1, -0.05) is 45.7 Å². The van der Waals surface area contributed by atoms with Crippen LogP contribution in [0.15, 0.2) is 46.9 Å². The van der Waals surface area contributed by atoms with Crippen molar-refractivity contribution in [2.24, 2.45) is 0 Å². The number of hydrogen-bond donors (Lipinski definition) is 0. The molecule has 2 aromatic carbocycles. The lowest BCUT2D eigenvalue weighted by Crippen LogP contribution is -2.26. The summed E-state index contributed by atoms with van der Waals surface area (Å²) in [6.45, 7) is 2.45. The molecule has 2 nitrogen and oxygen atoms in total. The van der Waals surface area contributed by atoms with Crippen LogP contribution in [0.5, 0.6) is 0 Å². The number of carbonyl (C=O) groups excluding carboxylic acids is 1. The van der Waals surface area contributed by atoms with E-state index in [0.29, 0.717) is 17.1 Å². The Balaban J connectivity index is 2.16. The Kier molecular flexibility index (Phi) is 4.84. The molecule has 0 aliphatic heterocycles. The van der Waals surface area contributed by atoms with Crippen LogP contribution in [0, 0.1) is 6.92 Å². The van der Waals surface area contributed by atoms with Crippen molar-refractivity contribution in [3.05, 3.63) is 68.7 Å². The smallest absolute Gasteiger partial charge is 0.253 e. The molecule has 0 spiro atoms. The highest BCUT2D eigenvalue weighted by Gasteiger charge is 2.13. The molecule has 0 unspecified atom stereocenters. The zero-order valence-electron chi connectivity index (χ0n) is 11.4. The van der Waals surface area contributed by atoms with E-state index < -0.39 is 0 Å². The predicted molar refractivity (Wildman–Crippen MR) is 86.1 cm³/mol. The molecule has 0 aromatic heterocycles. The molecule has 20 heavy (non-hydrogen) atoms. The normalized spacial score (nSPS) is 10.4. The van der Waals surface area contributed by atoms with Crippen molar-refractivity contribution in [2.75, 3.05) is 7.05 Å². The van der Waals surface area contributed by atoms with Gasteiger partial charge in [-0.25, -0.2) is 0 Å². The SMILES string of the molecule is Cc1cc(C(=O)N(C)Cc2ccccc2Br)ccc1Cl. The van der Waals surface area contributed by atoms with Crippen molar-refractivity contribution in [1.29, 1.82) is 0 Å². The number of rotatable bonds is 3. The van der Waals surface area contributed by atoms with Gasteiger partial charge in [0.25, 0.3) is 5.91 Å². The Labute approximate surface area is 132 Å². The van der Waals surface area contributed by atoms with Crippen molar-refractivity contribution in [2.45, 2.75) is 13.5 Å². The van der Waals surface area contributed by atoms with Gasteiger partial charge in [0, 0.05) is 28.7 Å². The summed E-state index contributed by atoms with van der Waals surface area (Å²) in [5, 5.41) is 0.676. The molecule has 0 fully saturated rings. The summed E-state index contributed by atoms with van der Waals surface area (Å²) in [7, 11) is 1.80. The predicted octanol–water partition coefficient (Wildman–Crippen LogP) is 4.68. The van der Waals surface area contributed by atoms with E-state index in [-0.39, 0.29) is 5.91 Å². The molecule has 0 saturated heterocycles. The first-order valence-corrected chi connectivity index (χ1v) is 7.41. The monoisotopic (exact) mass is 351 g/mol. The molecule has 0 aliphatic carbocycles. The van der Waals surface area contributed by atoms with Crippen LogP contribution in [-0.4, -0.2) is 17.9 Å². The first kappa shape index (κ1) is 15.1. The second-order valence-corrected chi connectivity index (χ2v) is 5.98. The van der Waals surface area contributed by atoms with Crippen LogP contribution in [0.2, 0.25) is 5.02 Å². The van der Waals surface area contributed by atoms with E-state index in [1.54, 1.807) is 24.1 Å². The second kappa shape index (κ2) is 6.42. The van der Waals surface area contributed by atoms with Gasteiger partial charge in [0.1, 0.15) is 0 Å². The number of hydrogen-bond acceptors (Lipinski definition) is 1. The van der Waals surface area contributed by atoms with Gasteiger partial charge in [0.05, 0.1) is 0 Å². The van der Waals surface area contributed by atoms with Crippen LogP contribution in [-0.2, 0) is 6.54 Å². The van der Waals surface area contributed by atoms with Crippen LogP contribution in [0.3, 0.4) is 0 Å². The molecule has 2 aromatic rings. The Morgan fingerprint density at radius 1 is 1.25 bits per heavy atom. The van der Waals surface area contributed by atoms with E-state index in [1.807, 2.05) is 37.3 Å². The molecule has 2 rings (SSSR count). The van der Waals surface area contributed by atoms with Crippen LogP contribution < -0.4 is 0 Å². The Morgan fingerprint density at radius 3 is 2.60 bits per heavy atom. The molecule has 4 heteroatoms. The summed E-state index contributed by atoms with van der Waals surface area (Å²) >= 11 is 9.48. The summed E-state index contributed by atoms with van der Waals surface area (Å²) in [6.07, 6.45) is 0. The largest absolute Gasteiger partial charge is 0.337 e. The minimum absolute atomic E-state index is 0.0134. The number of nitrogens with zero attached hydrogens (tertiary/aromatic N) is 1. The first-order valence-electron chi connectivity index (χ1n) is 6.24. The van der Waals surface area contributed by atoms with E-state index in [1.165, 1.54) is 0 Å². The molecule has 0 atom stereocenters. The zero-order valence-corrected chi connectivity index (χ0v) is 13.7. The van der Waals surface area contributed by atoms with E-state index >= 15 is 0 Å². The topological polar surface area (TPSA) is 20.3 Å². The highest BCUT2D eigenvalue weighted by atomic mass is 79.9. The summed E-state index contributed by atoms with van der Waals surface area (Å²) < 4.78 is 1.01. The van der Waals surface area contributed by atoms with Crippen molar-refractivity contribution in [3.8, 4) is 0 Å². The standard InChI is InChI=1S/C16H15BrClNO/c1-11-9-12(7-8-15(11)18)16(20)19(2)10-13-5-3-4-6-14(13)17/h3-9H,10H2,1-2H3. The molecule has 0 N–H and O–H groups in total. The lowest BCUT2D eigenvalue weighted by molar-refractivity contribution is 0.0785. The number of aryl methyl sites for hydroxylation is 1. The van der Waals surface area contributed by atoms with Gasteiger partial charge in [-0.3, -0.25) is 4.79 Å². The van der Waals surface area contributed by atoms with E-state index in [0.717, 1.165) is 15.6 Å². The molecule has 104 valence electrons. The quantitative estimate of drug-likeness (QED) is 0.785. The third-order valence-corrected chi connectivity index (χ3v) is 4.31. The Bertz CT molecular complexity index is 642. The number of amides is 1. The van der Waals surface area contributed by atoms with Gasteiger partial charge in [-0.15, -0.1) is 0 Å². The zero-order chi connectivity index (χ0) is 14.7. The Morgan fingerprint density at radius 2 is 1.95 bits per heavy atom. The lowest BCUT2D eigenvalue weighted by Gasteiger charge is -2.18. The molecule has 0 aliphatic rings. The molecular weight excluding hydrogens is 338 g/mol. The lowest BCUT2D eigenvalue weighted by atomic mass is 10.1. The average Bonchev–Trinajstić information content (AvgIpc) is 2.43. The van der Waals surface area contributed by atoms with Gasteiger partial charge >= 0.3 is 0 Å². The van der Waals surface area contributed by atoms with E-state index in [4.69, 9.17) is 11.6 Å². The van der Waals surface area contributed by atoms with Gasteiger partial charge in [0.15, 0.2) is 0 Å². The van der Waals surface area contributed by atoms with Gasteiger partial charge < -0.3 is 4.90 Å². The van der Waals surface area contributed by atoms with Crippen molar-refractivity contribution >= 4 is 33.4 Å². The highest BCUT2D eigenvalue weighted by molar-refractivity contribution is 9.10. The number of carbonyl (C=O) groups is 1.